The van der Waals surface area contributed by atoms with Crippen LogP contribution in [-0.4, -0.2) is 18.1 Å². The normalized spacial score (nSPS) is 15.1. The number of nitrogens with two attached hydrogens (primary N) is 1. The van der Waals surface area contributed by atoms with Crippen LogP contribution in [0.2, 0.25) is 0 Å². The van der Waals surface area contributed by atoms with E-state index in [0.717, 1.165) is 18.5 Å². The summed E-state index contributed by atoms with van der Waals surface area (Å²) in [5.41, 5.74) is 6.70. The van der Waals surface area contributed by atoms with Crippen LogP contribution in [0.1, 0.15) is 18.4 Å². The van der Waals surface area contributed by atoms with Crippen LogP contribution in [-0.2, 0) is 0 Å². The molecule has 0 atom stereocenters. The second-order valence-electron chi connectivity index (χ2n) is 3.84. The van der Waals surface area contributed by atoms with Crippen molar-refractivity contribution in [2.75, 3.05) is 11.9 Å². The number of rotatable bonds is 3. The van der Waals surface area contributed by atoms with Gasteiger partial charge in [0.1, 0.15) is 10.8 Å². The molecule has 0 amide bonds. The van der Waals surface area contributed by atoms with Crippen LogP contribution in [0.25, 0.3) is 0 Å². The van der Waals surface area contributed by atoms with Gasteiger partial charge in [0.05, 0.1) is 5.56 Å². The van der Waals surface area contributed by atoms with Gasteiger partial charge in [0.25, 0.3) is 0 Å². The van der Waals surface area contributed by atoms with Crippen LogP contribution in [0.4, 0.5) is 10.1 Å². The topological polar surface area (TPSA) is 29.3 Å². The van der Waals surface area contributed by atoms with Crippen molar-refractivity contribution in [1.82, 2.24) is 0 Å². The minimum atomic E-state index is -0.340. The van der Waals surface area contributed by atoms with Gasteiger partial charge in [-0.1, -0.05) is 18.3 Å². The van der Waals surface area contributed by atoms with Crippen molar-refractivity contribution in [3.63, 3.8) is 0 Å². The Balaban J connectivity index is 2.44. The highest BCUT2D eigenvalue weighted by Gasteiger charge is 2.28. The molecular weight excluding hydrogens is 211 g/mol. The molecule has 0 spiro atoms. The molecule has 4 heteroatoms. The van der Waals surface area contributed by atoms with E-state index in [2.05, 4.69) is 4.90 Å². The van der Waals surface area contributed by atoms with Crippen LogP contribution in [0.5, 0.6) is 0 Å². The van der Waals surface area contributed by atoms with E-state index in [1.165, 1.54) is 6.07 Å². The van der Waals surface area contributed by atoms with Crippen molar-refractivity contribution < 1.29 is 4.39 Å². The van der Waals surface area contributed by atoms with E-state index in [-0.39, 0.29) is 10.8 Å². The van der Waals surface area contributed by atoms with Gasteiger partial charge >= 0.3 is 0 Å². The lowest BCUT2D eigenvalue weighted by Crippen LogP contribution is -2.24. The van der Waals surface area contributed by atoms with Crippen LogP contribution < -0.4 is 10.6 Å². The molecule has 80 valence electrons. The molecular formula is C11H13FN2S. The fourth-order valence-corrected chi connectivity index (χ4v) is 1.91. The molecule has 1 fully saturated rings. The average molecular weight is 224 g/mol. The zero-order valence-corrected chi connectivity index (χ0v) is 9.35. The molecule has 0 saturated heterocycles. The zero-order chi connectivity index (χ0) is 11.0. The maximum atomic E-state index is 13.6. The van der Waals surface area contributed by atoms with E-state index < -0.39 is 0 Å². The Morgan fingerprint density at radius 1 is 1.53 bits per heavy atom. The molecule has 0 heterocycles. The van der Waals surface area contributed by atoms with E-state index in [1.807, 2.05) is 13.1 Å². The quantitative estimate of drug-likeness (QED) is 0.797. The van der Waals surface area contributed by atoms with Crippen molar-refractivity contribution in [1.29, 1.82) is 0 Å². The average Bonchev–Trinajstić information content (AvgIpc) is 2.98. The molecule has 0 aromatic heterocycles. The first-order valence-corrected chi connectivity index (χ1v) is 5.33. The Labute approximate surface area is 93.9 Å². The number of hydrogen-bond donors (Lipinski definition) is 1. The summed E-state index contributed by atoms with van der Waals surface area (Å²) in [4.78, 5) is 2.17. The second-order valence-corrected chi connectivity index (χ2v) is 4.28. The molecule has 1 saturated carbocycles. The summed E-state index contributed by atoms with van der Waals surface area (Å²) < 4.78 is 13.6. The smallest absolute Gasteiger partial charge is 0.135 e. The van der Waals surface area contributed by atoms with E-state index in [4.69, 9.17) is 18.0 Å². The number of nitrogens with zero attached hydrogens (tertiary/aromatic N) is 1. The standard InChI is InChI=1S/C11H13FN2S/c1-14(7-5-6-7)9-4-2-3-8(12)10(9)11(13)15/h2-4,7H,5-6H2,1H3,(H2,13,15). The van der Waals surface area contributed by atoms with Gasteiger partial charge in [0, 0.05) is 18.8 Å². The van der Waals surface area contributed by atoms with Gasteiger partial charge in [-0.15, -0.1) is 0 Å². The predicted molar refractivity (Wildman–Crippen MR) is 63.7 cm³/mol. The van der Waals surface area contributed by atoms with E-state index >= 15 is 0 Å². The van der Waals surface area contributed by atoms with Crippen LogP contribution in [0.3, 0.4) is 0 Å². The second kappa shape index (κ2) is 3.77. The molecule has 2 N–H and O–H groups in total. The highest BCUT2D eigenvalue weighted by Crippen LogP contribution is 2.32. The van der Waals surface area contributed by atoms with Gasteiger partial charge in [0.2, 0.25) is 0 Å². The Morgan fingerprint density at radius 3 is 2.73 bits per heavy atom. The summed E-state index contributed by atoms with van der Waals surface area (Å²) in [5.74, 6) is -0.340. The Bertz CT molecular complexity index is 402. The lowest BCUT2D eigenvalue weighted by molar-refractivity contribution is 0.624. The molecule has 0 bridgehead atoms. The maximum Gasteiger partial charge on any atom is 0.135 e. The van der Waals surface area contributed by atoms with Crippen molar-refractivity contribution in [2.45, 2.75) is 18.9 Å². The minimum absolute atomic E-state index is 0.121. The zero-order valence-electron chi connectivity index (χ0n) is 8.53. The summed E-state index contributed by atoms with van der Waals surface area (Å²) >= 11 is 4.87. The molecule has 2 rings (SSSR count). The van der Waals surface area contributed by atoms with Gasteiger partial charge in [0.15, 0.2) is 0 Å². The first-order valence-electron chi connectivity index (χ1n) is 4.92. The number of benzene rings is 1. The van der Waals surface area contributed by atoms with Gasteiger partial charge < -0.3 is 10.6 Å². The molecule has 15 heavy (non-hydrogen) atoms. The summed E-state index contributed by atoms with van der Waals surface area (Å²) in [7, 11) is 1.95. The third-order valence-corrected chi connectivity index (χ3v) is 2.92. The number of hydrogen-bond acceptors (Lipinski definition) is 2. The number of thiocarbonyl (C=S) groups is 1. The van der Waals surface area contributed by atoms with Crippen molar-refractivity contribution in [3.8, 4) is 0 Å². The molecule has 0 aliphatic heterocycles. The third kappa shape index (κ3) is 1.95. The molecule has 1 aromatic rings. The molecule has 0 radical (unpaired) electrons. The first-order chi connectivity index (χ1) is 7.11. The first kappa shape index (κ1) is 10.4. The van der Waals surface area contributed by atoms with Crippen LogP contribution in [0.15, 0.2) is 18.2 Å². The Morgan fingerprint density at radius 2 is 2.20 bits per heavy atom. The highest BCUT2D eigenvalue weighted by atomic mass is 32.1. The Kier molecular flexibility index (Phi) is 2.61. The third-order valence-electron chi connectivity index (χ3n) is 2.71. The molecule has 1 aliphatic carbocycles. The molecule has 2 nitrogen and oxygen atoms in total. The number of anilines is 1. The monoisotopic (exact) mass is 224 g/mol. The van der Waals surface area contributed by atoms with Gasteiger partial charge in [-0.25, -0.2) is 4.39 Å². The fraction of sp³-hybridized carbons (Fsp3) is 0.364. The summed E-state index contributed by atoms with van der Waals surface area (Å²) in [5, 5.41) is 0. The van der Waals surface area contributed by atoms with Gasteiger partial charge in [-0.3, -0.25) is 0 Å². The molecule has 1 aliphatic rings. The van der Waals surface area contributed by atoms with Crippen molar-refractivity contribution in [2.24, 2.45) is 5.73 Å². The van der Waals surface area contributed by atoms with E-state index in [0.29, 0.717) is 11.6 Å². The highest BCUT2D eigenvalue weighted by molar-refractivity contribution is 7.80. The predicted octanol–water partition coefficient (Wildman–Crippen LogP) is 2.06. The SMILES string of the molecule is CN(c1cccc(F)c1C(N)=S)C1CC1. The maximum absolute atomic E-state index is 13.6. The summed E-state index contributed by atoms with van der Waals surface area (Å²) in [6.45, 7) is 0. The van der Waals surface area contributed by atoms with E-state index in [1.54, 1.807) is 6.07 Å². The molecule has 0 unspecified atom stereocenters. The lowest BCUT2D eigenvalue weighted by atomic mass is 10.1. The van der Waals surface area contributed by atoms with Gasteiger partial charge in [-0.05, 0) is 25.0 Å². The van der Waals surface area contributed by atoms with Crippen molar-refractivity contribution >= 4 is 22.9 Å². The molecule has 1 aromatic carbocycles. The van der Waals surface area contributed by atoms with Crippen LogP contribution >= 0.6 is 12.2 Å². The minimum Gasteiger partial charge on any atom is -0.389 e. The van der Waals surface area contributed by atoms with Crippen molar-refractivity contribution in [3.05, 3.63) is 29.6 Å². The lowest BCUT2D eigenvalue weighted by Gasteiger charge is -2.21. The van der Waals surface area contributed by atoms with Gasteiger partial charge in [-0.2, -0.15) is 0 Å². The number of halogens is 1. The summed E-state index contributed by atoms with van der Waals surface area (Å²) in [6, 6.07) is 5.44. The van der Waals surface area contributed by atoms with Crippen LogP contribution in [0, 0.1) is 5.82 Å². The Hall–Kier alpha value is -1.16. The van der Waals surface area contributed by atoms with E-state index in [9.17, 15) is 4.39 Å². The summed E-state index contributed by atoms with van der Waals surface area (Å²) in [6.07, 6.45) is 2.31. The largest absolute Gasteiger partial charge is 0.389 e. The fourth-order valence-electron chi connectivity index (χ4n) is 1.71.